The molecule has 0 aliphatic carbocycles. The van der Waals surface area contributed by atoms with E-state index in [1.54, 1.807) is 4.90 Å². The van der Waals surface area contributed by atoms with Crippen LogP contribution in [0.4, 0.5) is 5.69 Å². The second kappa shape index (κ2) is 7.12. The fourth-order valence-corrected chi connectivity index (χ4v) is 4.67. The summed E-state index contributed by atoms with van der Waals surface area (Å²) in [5, 5.41) is 0. The molecule has 1 spiro atoms. The van der Waals surface area contributed by atoms with Crippen LogP contribution in [0.1, 0.15) is 38.7 Å². The minimum atomic E-state index is -0.699. The van der Waals surface area contributed by atoms with E-state index < -0.39 is 17.4 Å². The maximum absolute atomic E-state index is 13.3. The Bertz CT molecular complexity index is 773. The number of ether oxygens (including phenoxy) is 2. The standard InChI is InChI=1S/C22H27NO4/c1-3-5-8-13-26-21(25)18-17-11-12-22(27-17)14-23(20(24)19(18)22)16-10-7-6-9-15(16)4-2/h6-7,9-12,17-19H,3-5,8,13-14H2,1-2H3/t17-,18?,19-,22+/m0/s1. The smallest absolute Gasteiger partial charge is 0.312 e. The Balaban J connectivity index is 1.57. The van der Waals surface area contributed by atoms with Gasteiger partial charge < -0.3 is 14.4 Å². The van der Waals surface area contributed by atoms with Crippen LogP contribution in [0.3, 0.4) is 0 Å². The third-order valence-electron chi connectivity index (χ3n) is 6.03. The van der Waals surface area contributed by atoms with Crippen molar-refractivity contribution in [1.29, 1.82) is 0 Å². The number of carbonyl (C=O) groups excluding carboxylic acids is 2. The molecule has 5 nitrogen and oxygen atoms in total. The number of benzene rings is 1. The van der Waals surface area contributed by atoms with Gasteiger partial charge in [0.15, 0.2) is 0 Å². The zero-order valence-corrected chi connectivity index (χ0v) is 16.0. The zero-order valence-electron chi connectivity index (χ0n) is 16.0. The van der Waals surface area contributed by atoms with Crippen molar-refractivity contribution >= 4 is 17.6 Å². The Morgan fingerprint density at radius 2 is 2.11 bits per heavy atom. The molecule has 144 valence electrons. The van der Waals surface area contributed by atoms with E-state index in [1.165, 1.54) is 0 Å². The second-order valence-corrected chi connectivity index (χ2v) is 7.68. The van der Waals surface area contributed by atoms with Gasteiger partial charge in [-0.05, 0) is 24.5 Å². The Morgan fingerprint density at radius 1 is 1.30 bits per heavy atom. The molecule has 3 aliphatic rings. The number of rotatable bonds is 7. The lowest BCUT2D eigenvalue weighted by Crippen LogP contribution is -2.40. The van der Waals surface area contributed by atoms with Crippen LogP contribution in [-0.4, -0.2) is 36.7 Å². The fraction of sp³-hybridized carbons (Fsp3) is 0.545. The van der Waals surface area contributed by atoms with Gasteiger partial charge in [0.2, 0.25) is 5.91 Å². The molecule has 0 N–H and O–H groups in total. The molecular formula is C22H27NO4. The Labute approximate surface area is 160 Å². The highest BCUT2D eigenvalue weighted by atomic mass is 16.6. The van der Waals surface area contributed by atoms with E-state index in [1.807, 2.05) is 36.4 Å². The summed E-state index contributed by atoms with van der Waals surface area (Å²) >= 11 is 0. The van der Waals surface area contributed by atoms with E-state index >= 15 is 0 Å². The number of para-hydroxylation sites is 1. The second-order valence-electron chi connectivity index (χ2n) is 7.68. The Hall–Kier alpha value is -2.14. The monoisotopic (exact) mass is 369 g/mol. The number of fused-ring (bicyclic) bond motifs is 1. The molecule has 2 saturated heterocycles. The molecule has 3 heterocycles. The minimum absolute atomic E-state index is 0.0294. The molecule has 0 radical (unpaired) electrons. The SMILES string of the molecule is CCCCCOC(=O)C1[C@@H]2C=C[C@]3(CN(c4ccccc4CC)C(=O)[C@H]13)O2. The first kappa shape index (κ1) is 18.2. The largest absolute Gasteiger partial charge is 0.465 e. The first-order valence-electron chi connectivity index (χ1n) is 10.0. The maximum atomic E-state index is 13.3. The van der Waals surface area contributed by atoms with Crippen LogP contribution in [0.15, 0.2) is 36.4 Å². The number of carbonyl (C=O) groups is 2. The summed E-state index contributed by atoms with van der Waals surface area (Å²) in [6.07, 6.45) is 7.38. The van der Waals surface area contributed by atoms with Crippen LogP contribution in [0.2, 0.25) is 0 Å². The molecule has 0 aromatic heterocycles. The van der Waals surface area contributed by atoms with Crippen LogP contribution < -0.4 is 4.90 Å². The number of anilines is 1. The molecule has 27 heavy (non-hydrogen) atoms. The highest BCUT2D eigenvalue weighted by Gasteiger charge is 2.67. The number of hydrogen-bond donors (Lipinski definition) is 0. The van der Waals surface area contributed by atoms with Crippen molar-refractivity contribution in [3.05, 3.63) is 42.0 Å². The Morgan fingerprint density at radius 3 is 2.89 bits per heavy atom. The summed E-state index contributed by atoms with van der Waals surface area (Å²) in [5.74, 6) is -1.36. The molecule has 4 rings (SSSR count). The fourth-order valence-electron chi connectivity index (χ4n) is 4.67. The molecule has 1 aromatic carbocycles. The molecule has 2 bridgehead atoms. The average molecular weight is 369 g/mol. The van der Waals surface area contributed by atoms with Crippen molar-refractivity contribution in [3.8, 4) is 0 Å². The normalized spacial score (nSPS) is 30.8. The molecule has 1 unspecified atom stereocenters. The van der Waals surface area contributed by atoms with Gasteiger partial charge in [-0.1, -0.05) is 57.0 Å². The van der Waals surface area contributed by atoms with Crippen molar-refractivity contribution in [3.63, 3.8) is 0 Å². The van der Waals surface area contributed by atoms with Gasteiger partial charge in [-0.15, -0.1) is 0 Å². The van der Waals surface area contributed by atoms with E-state index in [2.05, 4.69) is 13.8 Å². The van der Waals surface area contributed by atoms with Gasteiger partial charge in [0.05, 0.1) is 25.2 Å². The highest BCUT2D eigenvalue weighted by Crippen LogP contribution is 2.53. The average Bonchev–Trinajstić information content (AvgIpc) is 3.33. The van der Waals surface area contributed by atoms with E-state index in [-0.39, 0.29) is 18.0 Å². The van der Waals surface area contributed by atoms with Crippen molar-refractivity contribution in [1.82, 2.24) is 0 Å². The maximum Gasteiger partial charge on any atom is 0.312 e. The summed E-state index contributed by atoms with van der Waals surface area (Å²) in [6, 6.07) is 7.95. The van der Waals surface area contributed by atoms with Gasteiger partial charge in [-0.2, -0.15) is 0 Å². The summed E-state index contributed by atoms with van der Waals surface area (Å²) < 4.78 is 11.7. The van der Waals surface area contributed by atoms with E-state index in [9.17, 15) is 9.59 Å². The predicted octanol–water partition coefficient (Wildman–Crippen LogP) is 3.27. The van der Waals surface area contributed by atoms with Crippen LogP contribution in [0.25, 0.3) is 0 Å². The topological polar surface area (TPSA) is 55.8 Å². The third kappa shape index (κ3) is 2.89. The first-order chi connectivity index (χ1) is 13.1. The van der Waals surface area contributed by atoms with Crippen LogP contribution in [0, 0.1) is 11.8 Å². The van der Waals surface area contributed by atoms with Crippen molar-refractivity contribution < 1.29 is 19.1 Å². The molecule has 1 amide bonds. The molecule has 4 atom stereocenters. The lowest BCUT2D eigenvalue weighted by atomic mass is 9.77. The van der Waals surface area contributed by atoms with Gasteiger partial charge in [0.25, 0.3) is 0 Å². The molecule has 5 heteroatoms. The number of aryl methyl sites for hydroxylation is 1. The first-order valence-corrected chi connectivity index (χ1v) is 10.0. The van der Waals surface area contributed by atoms with Crippen LogP contribution >= 0.6 is 0 Å². The minimum Gasteiger partial charge on any atom is -0.465 e. The van der Waals surface area contributed by atoms with E-state index in [0.29, 0.717) is 13.2 Å². The summed E-state index contributed by atoms with van der Waals surface area (Å²) in [7, 11) is 0. The molecule has 2 fully saturated rings. The quantitative estimate of drug-likeness (QED) is 0.420. The summed E-state index contributed by atoms with van der Waals surface area (Å²) in [5.41, 5.74) is 1.35. The number of esters is 1. The van der Waals surface area contributed by atoms with Gasteiger partial charge in [0, 0.05) is 5.69 Å². The summed E-state index contributed by atoms with van der Waals surface area (Å²) in [6.45, 7) is 5.06. The van der Waals surface area contributed by atoms with Gasteiger partial charge >= 0.3 is 5.97 Å². The molecule has 1 aromatic rings. The Kier molecular flexibility index (Phi) is 4.81. The molecular weight excluding hydrogens is 342 g/mol. The van der Waals surface area contributed by atoms with Crippen LogP contribution in [0.5, 0.6) is 0 Å². The zero-order chi connectivity index (χ0) is 19.0. The van der Waals surface area contributed by atoms with Crippen molar-refractivity contribution in [2.24, 2.45) is 11.8 Å². The number of amides is 1. The lowest BCUT2D eigenvalue weighted by molar-refractivity contribution is -0.152. The predicted molar refractivity (Wildman–Crippen MR) is 102 cm³/mol. The van der Waals surface area contributed by atoms with E-state index in [4.69, 9.17) is 9.47 Å². The van der Waals surface area contributed by atoms with Gasteiger partial charge in [-0.25, -0.2) is 0 Å². The van der Waals surface area contributed by atoms with Crippen LogP contribution in [-0.2, 0) is 25.5 Å². The lowest BCUT2D eigenvalue weighted by Gasteiger charge is -2.23. The summed E-state index contributed by atoms with van der Waals surface area (Å²) in [4.78, 5) is 27.9. The van der Waals surface area contributed by atoms with Crippen molar-refractivity contribution in [2.45, 2.75) is 51.2 Å². The third-order valence-corrected chi connectivity index (χ3v) is 6.03. The van der Waals surface area contributed by atoms with Gasteiger partial charge in [0.1, 0.15) is 11.5 Å². The number of hydrogen-bond acceptors (Lipinski definition) is 4. The molecule has 0 saturated carbocycles. The van der Waals surface area contributed by atoms with Gasteiger partial charge in [-0.3, -0.25) is 9.59 Å². The number of unbranched alkanes of at least 4 members (excludes halogenated alkanes) is 2. The molecule has 3 aliphatic heterocycles. The van der Waals surface area contributed by atoms with E-state index in [0.717, 1.165) is 36.9 Å². The highest BCUT2D eigenvalue weighted by molar-refractivity contribution is 6.03. The van der Waals surface area contributed by atoms with Crippen molar-refractivity contribution in [2.75, 3.05) is 18.1 Å². The number of nitrogens with zero attached hydrogens (tertiary/aromatic N) is 1.